The zero-order chi connectivity index (χ0) is 13.8. The van der Waals surface area contributed by atoms with Gasteiger partial charge in [-0.2, -0.15) is 4.98 Å². The summed E-state index contributed by atoms with van der Waals surface area (Å²) in [6.07, 6.45) is 1.21. The summed E-state index contributed by atoms with van der Waals surface area (Å²) in [5.74, 6) is -0.370. The van der Waals surface area contributed by atoms with Crippen molar-refractivity contribution in [1.82, 2.24) is 20.1 Å². The fourth-order valence-corrected chi connectivity index (χ4v) is 2.10. The van der Waals surface area contributed by atoms with Crippen molar-refractivity contribution in [1.29, 1.82) is 0 Å². The van der Waals surface area contributed by atoms with Crippen molar-refractivity contribution in [3.63, 3.8) is 0 Å². The number of aromatic nitrogens is 3. The third-order valence-corrected chi connectivity index (χ3v) is 3.11. The van der Waals surface area contributed by atoms with E-state index >= 15 is 0 Å². The molecule has 0 saturated carbocycles. The average Bonchev–Trinajstić information content (AvgIpc) is 2.85. The normalized spacial score (nSPS) is 16.4. The molecule has 1 fully saturated rings. The number of nitrogens with two attached hydrogens (primary N) is 1. The molecule has 0 unspecified atom stereocenters. The van der Waals surface area contributed by atoms with Gasteiger partial charge < -0.3 is 15.4 Å². The molecule has 0 atom stereocenters. The second-order valence-electron chi connectivity index (χ2n) is 4.36. The average molecular weight is 267 g/mol. The molecular formula is C11H17N5O3. The molecule has 3 N–H and O–H groups in total. The summed E-state index contributed by atoms with van der Waals surface area (Å²) in [5, 5.41) is 6.11. The first-order valence-corrected chi connectivity index (χ1v) is 6.25. The fourth-order valence-electron chi connectivity index (χ4n) is 2.10. The lowest BCUT2D eigenvalue weighted by Crippen LogP contribution is -2.41. The highest BCUT2D eigenvalue weighted by molar-refractivity contribution is 5.90. The maximum atomic E-state index is 12.0. The van der Waals surface area contributed by atoms with Crippen molar-refractivity contribution < 1.29 is 14.3 Å². The monoisotopic (exact) mass is 267 g/mol. The van der Waals surface area contributed by atoms with Crippen LogP contribution in [0.1, 0.15) is 30.4 Å². The second-order valence-corrected chi connectivity index (χ2v) is 4.36. The topological polar surface area (TPSA) is 114 Å². The molecular weight excluding hydrogens is 250 g/mol. The first-order valence-electron chi connectivity index (χ1n) is 6.25. The summed E-state index contributed by atoms with van der Waals surface area (Å²) in [6, 6.07) is 0. The third kappa shape index (κ3) is 3.01. The number of hydrogen-bond donors (Lipinski definition) is 2. The number of likely N-dealkylation sites (tertiary alicyclic amines) is 1. The molecule has 0 bridgehead atoms. The van der Waals surface area contributed by atoms with Crippen LogP contribution in [0.25, 0.3) is 0 Å². The highest BCUT2D eigenvalue weighted by Crippen LogP contribution is 2.19. The van der Waals surface area contributed by atoms with Crippen LogP contribution < -0.4 is 5.73 Å². The number of ether oxygens (including phenoxy) is 1. The van der Waals surface area contributed by atoms with Gasteiger partial charge in [-0.15, -0.1) is 5.10 Å². The summed E-state index contributed by atoms with van der Waals surface area (Å²) >= 11 is 0. The molecule has 2 rings (SSSR count). The predicted molar refractivity (Wildman–Crippen MR) is 66.1 cm³/mol. The van der Waals surface area contributed by atoms with E-state index in [4.69, 9.17) is 10.5 Å². The SMILES string of the molecule is CCOC(=O)C1CCN(C(=O)c2nc(N)n[nH]2)CC1. The standard InChI is InChI=1S/C11H17N5O3/c1-2-19-10(18)7-3-5-16(6-4-7)9(17)8-13-11(12)15-14-8/h7H,2-6H2,1H3,(H3,12,13,14,15). The molecule has 1 amide bonds. The van der Waals surface area contributed by atoms with Crippen molar-refractivity contribution in [3.05, 3.63) is 5.82 Å². The molecule has 0 aliphatic carbocycles. The van der Waals surface area contributed by atoms with Gasteiger partial charge in [0.25, 0.3) is 5.91 Å². The number of nitrogens with one attached hydrogen (secondary N) is 1. The lowest BCUT2D eigenvalue weighted by atomic mass is 9.97. The molecule has 2 heterocycles. The number of aromatic amines is 1. The van der Waals surface area contributed by atoms with Crippen molar-refractivity contribution in [2.45, 2.75) is 19.8 Å². The van der Waals surface area contributed by atoms with E-state index in [2.05, 4.69) is 15.2 Å². The van der Waals surface area contributed by atoms with E-state index in [0.717, 1.165) is 0 Å². The summed E-state index contributed by atoms with van der Waals surface area (Å²) < 4.78 is 4.98. The van der Waals surface area contributed by atoms with Gasteiger partial charge in [0.15, 0.2) is 0 Å². The Hall–Kier alpha value is -2.12. The molecule has 19 heavy (non-hydrogen) atoms. The van der Waals surface area contributed by atoms with Gasteiger partial charge >= 0.3 is 5.97 Å². The summed E-state index contributed by atoms with van der Waals surface area (Å²) in [6.45, 7) is 3.17. The minimum Gasteiger partial charge on any atom is -0.466 e. The summed E-state index contributed by atoms with van der Waals surface area (Å²) in [5.41, 5.74) is 5.36. The summed E-state index contributed by atoms with van der Waals surface area (Å²) in [7, 11) is 0. The minimum atomic E-state index is -0.244. The van der Waals surface area contributed by atoms with Gasteiger partial charge in [0, 0.05) is 13.1 Å². The van der Waals surface area contributed by atoms with Crippen LogP contribution in [0.4, 0.5) is 5.95 Å². The van der Waals surface area contributed by atoms with Gasteiger partial charge in [0.1, 0.15) is 0 Å². The number of carbonyl (C=O) groups is 2. The number of rotatable bonds is 3. The number of carbonyl (C=O) groups excluding carboxylic acids is 2. The van der Waals surface area contributed by atoms with Crippen LogP contribution in [-0.4, -0.2) is 51.7 Å². The largest absolute Gasteiger partial charge is 0.466 e. The van der Waals surface area contributed by atoms with Crippen molar-refractivity contribution in [3.8, 4) is 0 Å². The van der Waals surface area contributed by atoms with Crippen LogP contribution >= 0.6 is 0 Å². The lowest BCUT2D eigenvalue weighted by molar-refractivity contribution is -0.149. The molecule has 1 aromatic rings. The zero-order valence-corrected chi connectivity index (χ0v) is 10.8. The number of anilines is 1. The van der Waals surface area contributed by atoms with E-state index < -0.39 is 0 Å². The predicted octanol–water partition coefficient (Wildman–Crippen LogP) is -0.198. The first-order chi connectivity index (χ1) is 9.11. The maximum Gasteiger partial charge on any atom is 0.309 e. The zero-order valence-electron chi connectivity index (χ0n) is 10.8. The Morgan fingerprint density at radius 3 is 2.68 bits per heavy atom. The highest BCUT2D eigenvalue weighted by Gasteiger charge is 2.29. The van der Waals surface area contributed by atoms with Gasteiger partial charge in [0.05, 0.1) is 12.5 Å². The molecule has 8 heteroatoms. The molecule has 0 spiro atoms. The molecule has 1 saturated heterocycles. The second kappa shape index (κ2) is 5.68. The highest BCUT2D eigenvalue weighted by atomic mass is 16.5. The first kappa shape index (κ1) is 13.3. The van der Waals surface area contributed by atoms with Crippen molar-refractivity contribution in [2.75, 3.05) is 25.4 Å². The number of esters is 1. The van der Waals surface area contributed by atoms with E-state index in [9.17, 15) is 9.59 Å². The molecule has 0 radical (unpaired) electrons. The quantitative estimate of drug-likeness (QED) is 0.733. The molecule has 104 valence electrons. The Labute approximate surface area is 110 Å². The van der Waals surface area contributed by atoms with E-state index in [1.165, 1.54) is 0 Å². The van der Waals surface area contributed by atoms with Crippen LogP contribution in [0.3, 0.4) is 0 Å². The molecule has 1 aliphatic heterocycles. The Balaban J connectivity index is 1.89. The van der Waals surface area contributed by atoms with Crippen LogP contribution in [-0.2, 0) is 9.53 Å². The van der Waals surface area contributed by atoms with Gasteiger partial charge in [-0.3, -0.25) is 14.7 Å². The van der Waals surface area contributed by atoms with E-state index in [-0.39, 0.29) is 29.6 Å². The fraction of sp³-hybridized carbons (Fsp3) is 0.636. The van der Waals surface area contributed by atoms with Crippen molar-refractivity contribution >= 4 is 17.8 Å². The van der Waals surface area contributed by atoms with Gasteiger partial charge in [-0.05, 0) is 19.8 Å². The number of amides is 1. The van der Waals surface area contributed by atoms with Crippen LogP contribution in [0.2, 0.25) is 0 Å². The molecule has 0 aromatic carbocycles. The number of H-pyrrole nitrogens is 1. The van der Waals surface area contributed by atoms with Crippen LogP contribution in [0.5, 0.6) is 0 Å². The van der Waals surface area contributed by atoms with Gasteiger partial charge in [0.2, 0.25) is 11.8 Å². The van der Waals surface area contributed by atoms with Gasteiger partial charge in [-0.25, -0.2) is 0 Å². The van der Waals surface area contributed by atoms with Crippen molar-refractivity contribution in [2.24, 2.45) is 5.92 Å². The Bertz CT molecular complexity index is 465. The summed E-state index contributed by atoms with van der Waals surface area (Å²) in [4.78, 5) is 29.0. The maximum absolute atomic E-state index is 12.0. The van der Waals surface area contributed by atoms with Gasteiger partial charge in [-0.1, -0.05) is 0 Å². The van der Waals surface area contributed by atoms with E-state index in [0.29, 0.717) is 32.5 Å². The van der Waals surface area contributed by atoms with Crippen LogP contribution in [0, 0.1) is 5.92 Å². The third-order valence-electron chi connectivity index (χ3n) is 3.11. The smallest absolute Gasteiger partial charge is 0.309 e. The Morgan fingerprint density at radius 2 is 2.16 bits per heavy atom. The van der Waals surface area contributed by atoms with E-state index in [1.54, 1.807) is 11.8 Å². The minimum absolute atomic E-state index is 0.0461. The Morgan fingerprint density at radius 1 is 1.47 bits per heavy atom. The Kier molecular flexibility index (Phi) is 3.98. The number of nitrogens with zero attached hydrogens (tertiary/aromatic N) is 3. The molecule has 1 aromatic heterocycles. The van der Waals surface area contributed by atoms with E-state index in [1.807, 2.05) is 0 Å². The molecule has 8 nitrogen and oxygen atoms in total. The number of hydrogen-bond acceptors (Lipinski definition) is 6. The lowest BCUT2D eigenvalue weighted by Gasteiger charge is -2.30. The number of piperidine rings is 1. The molecule has 1 aliphatic rings. The number of nitrogen functional groups attached to an aromatic ring is 1. The van der Waals surface area contributed by atoms with Crippen LogP contribution in [0.15, 0.2) is 0 Å².